The Labute approximate surface area is 191 Å². The molecule has 0 radical (unpaired) electrons. The summed E-state index contributed by atoms with van der Waals surface area (Å²) in [6.45, 7) is 8.69. The van der Waals surface area contributed by atoms with E-state index in [9.17, 15) is 4.79 Å². The molecule has 1 N–H and O–H groups in total. The molecule has 1 aromatic carbocycles. The number of rotatable bonds is 5. The zero-order chi connectivity index (χ0) is 21.7. The number of hydrogen-bond donors (Lipinski definition) is 1. The van der Waals surface area contributed by atoms with Gasteiger partial charge in [0.15, 0.2) is 0 Å². The van der Waals surface area contributed by atoms with E-state index in [-0.39, 0.29) is 5.92 Å². The van der Waals surface area contributed by atoms with E-state index >= 15 is 0 Å². The van der Waals surface area contributed by atoms with Crippen LogP contribution >= 0.6 is 0 Å². The molecule has 2 aliphatic carbocycles. The van der Waals surface area contributed by atoms with Gasteiger partial charge >= 0.3 is 0 Å². The number of benzene rings is 1. The quantitative estimate of drug-likeness (QED) is 0.782. The lowest BCUT2D eigenvalue weighted by Crippen LogP contribution is -2.48. The number of amides is 1. The van der Waals surface area contributed by atoms with E-state index in [1.54, 1.807) is 0 Å². The first kappa shape index (κ1) is 20.5. The molecule has 3 fully saturated rings. The summed E-state index contributed by atoms with van der Waals surface area (Å²) in [6, 6.07) is 7.00. The molecule has 1 amide bonds. The molecule has 2 aromatic rings. The maximum absolute atomic E-state index is 12.7. The van der Waals surface area contributed by atoms with Crippen LogP contribution in [-0.2, 0) is 17.8 Å². The van der Waals surface area contributed by atoms with Crippen LogP contribution in [0.1, 0.15) is 51.0 Å². The Morgan fingerprint density at radius 3 is 2.72 bits per heavy atom. The monoisotopic (exact) mass is 435 g/mol. The van der Waals surface area contributed by atoms with E-state index in [4.69, 9.17) is 4.98 Å². The van der Waals surface area contributed by atoms with E-state index in [1.807, 2.05) is 0 Å². The average molecular weight is 436 g/mol. The normalized spacial score (nSPS) is 30.5. The first-order valence-corrected chi connectivity index (χ1v) is 12.9. The van der Waals surface area contributed by atoms with E-state index in [0.29, 0.717) is 17.9 Å². The number of piperazine rings is 1. The number of carbonyl (C=O) groups excluding carboxylic acids is 1. The first-order valence-electron chi connectivity index (χ1n) is 12.9. The van der Waals surface area contributed by atoms with Crippen molar-refractivity contribution in [1.29, 1.82) is 0 Å². The third kappa shape index (κ3) is 3.91. The Morgan fingerprint density at radius 2 is 1.91 bits per heavy atom. The fraction of sp³-hybridized carbons (Fsp3) is 0.692. The highest BCUT2D eigenvalue weighted by Crippen LogP contribution is 2.40. The molecule has 4 aliphatic rings. The van der Waals surface area contributed by atoms with Gasteiger partial charge < -0.3 is 14.8 Å². The van der Waals surface area contributed by atoms with Gasteiger partial charge in [-0.15, -0.1) is 0 Å². The van der Waals surface area contributed by atoms with Gasteiger partial charge in [0.2, 0.25) is 11.9 Å². The molecule has 172 valence electrons. The van der Waals surface area contributed by atoms with Crippen molar-refractivity contribution in [2.24, 2.45) is 17.8 Å². The second-order valence-electron chi connectivity index (χ2n) is 10.8. The Morgan fingerprint density at radius 1 is 1.09 bits per heavy atom. The van der Waals surface area contributed by atoms with Crippen LogP contribution in [0.25, 0.3) is 11.0 Å². The second-order valence-corrected chi connectivity index (χ2v) is 10.8. The zero-order valence-corrected chi connectivity index (χ0v) is 19.4. The standard InChI is InChI=1S/C26H37N5O/c1-18-7-9-21(10-8-18)27-25(32)22-16-20(22)17-29-12-14-30(15-13-29)26-28-23-6-2-4-19-5-3-11-31(26)24(19)23/h2,4,6,18,20-22H,3,5,7-17H2,1H3,(H,27,32)/t18-,20-,21-,22+/m0/s1. The number of nitrogens with zero attached hydrogens (tertiary/aromatic N) is 4. The largest absolute Gasteiger partial charge is 0.353 e. The van der Waals surface area contributed by atoms with E-state index in [1.165, 1.54) is 49.6 Å². The number of carbonyl (C=O) groups is 1. The fourth-order valence-electron chi connectivity index (χ4n) is 6.28. The third-order valence-electron chi connectivity index (χ3n) is 8.43. The third-order valence-corrected chi connectivity index (χ3v) is 8.43. The number of nitrogens with one attached hydrogen (secondary N) is 1. The Bertz CT molecular complexity index is 984. The molecule has 2 aliphatic heterocycles. The van der Waals surface area contributed by atoms with E-state index < -0.39 is 0 Å². The molecule has 6 nitrogen and oxygen atoms in total. The van der Waals surface area contributed by atoms with Crippen molar-refractivity contribution in [2.75, 3.05) is 37.6 Å². The number of para-hydroxylation sites is 1. The van der Waals surface area contributed by atoms with Crippen molar-refractivity contribution in [1.82, 2.24) is 19.8 Å². The molecule has 2 atom stereocenters. The van der Waals surface area contributed by atoms with E-state index in [0.717, 1.165) is 63.1 Å². The maximum Gasteiger partial charge on any atom is 0.223 e. The lowest BCUT2D eigenvalue weighted by molar-refractivity contribution is -0.123. The van der Waals surface area contributed by atoms with Gasteiger partial charge in [-0.05, 0) is 68.4 Å². The van der Waals surface area contributed by atoms with Crippen molar-refractivity contribution < 1.29 is 4.79 Å². The van der Waals surface area contributed by atoms with Crippen molar-refractivity contribution >= 4 is 22.9 Å². The minimum absolute atomic E-state index is 0.257. The van der Waals surface area contributed by atoms with Crippen LogP contribution in [-0.4, -0.2) is 59.1 Å². The smallest absolute Gasteiger partial charge is 0.223 e. The molecule has 6 rings (SSSR count). The summed E-state index contributed by atoms with van der Waals surface area (Å²) in [5.41, 5.74) is 3.96. The number of hydrogen-bond acceptors (Lipinski definition) is 4. The highest BCUT2D eigenvalue weighted by atomic mass is 16.2. The summed E-state index contributed by atoms with van der Waals surface area (Å²) < 4.78 is 2.46. The lowest BCUT2D eigenvalue weighted by Gasteiger charge is -2.36. The predicted octanol–water partition coefficient (Wildman–Crippen LogP) is 3.44. The fourth-order valence-corrected chi connectivity index (χ4v) is 6.28. The number of aryl methyl sites for hydroxylation is 2. The second kappa shape index (κ2) is 8.36. The van der Waals surface area contributed by atoms with Crippen LogP contribution in [0.2, 0.25) is 0 Å². The highest BCUT2D eigenvalue weighted by molar-refractivity contribution is 5.83. The Kier molecular flexibility index (Phi) is 5.36. The van der Waals surface area contributed by atoms with Gasteiger partial charge in [0.25, 0.3) is 0 Å². The lowest BCUT2D eigenvalue weighted by atomic mass is 9.87. The van der Waals surface area contributed by atoms with E-state index in [2.05, 4.69) is 44.8 Å². The van der Waals surface area contributed by atoms with Gasteiger partial charge in [0, 0.05) is 51.2 Å². The van der Waals surface area contributed by atoms with Crippen molar-refractivity contribution in [3.8, 4) is 0 Å². The summed E-state index contributed by atoms with van der Waals surface area (Å²) in [5, 5.41) is 3.36. The molecule has 2 saturated carbocycles. The van der Waals surface area contributed by atoms with Crippen molar-refractivity contribution in [2.45, 2.75) is 64.5 Å². The summed E-state index contributed by atoms with van der Waals surface area (Å²) >= 11 is 0. The molecule has 0 bridgehead atoms. The minimum Gasteiger partial charge on any atom is -0.353 e. The highest BCUT2D eigenvalue weighted by Gasteiger charge is 2.44. The predicted molar refractivity (Wildman–Crippen MR) is 128 cm³/mol. The van der Waals surface area contributed by atoms with Gasteiger partial charge in [-0.2, -0.15) is 0 Å². The summed E-state index contributed by atoms with van der Waals surface area (Å²) in [5.74, 6) is 3.14. The Hall–Kier alpha value is -2.08. The maximum atomic E-state index is 12.7. The molecule has 3 heterocycles. The molecular weight excluding hydrogens is 398 g/mol. The van der Waals surface area contributed by atoms with Crippen LogP contribution in [0.4, 0.5) is 5.95 Å². The molecular formula is C26H37N5O. The zero-order valence-electron chi connectivity index (χ0n) is 19.4. The summed E-state index contributed by atoms with van der Waals surface area (Å²) in [4.78, 5) is 22.8. The van der Waals surface area contributed by atoms with Gasteiger partial charge in [-0.3, -0.25) is 9.69 Å². The number of imidazole rings is 1. The molecule has 1 aromatic heterocycles. The SMILES string of the molecule is C[C@H]1CC[C@H](NC(=O)[C@@H]2C[C@H]2CN2CCN(c3nc4cccc5c4n3CCC5)CC2)CC1. The molecule has 0 spiro atoms. The number of aromatic nitrogens is 2. The summed E-state index contributed by atoms with van der Waals surface area (Å²) in [6.07, 6.45) is 8.31. The van der Waals surface area contributed by atoms with Crippen molar-refractivity contribution in [3.63, 3.8) is 0 Å². The van der Waals surface area contributed by atoms with Gasteiger partial charge in [-0.1, -0.05) is 19.1 Å². The average Bonchev–Trinajstić information content (AvgIpc) is 3.48. The molecule has 0 unspecified atom stereocenters. The van der Waals surface area contributed by atoms with Gasteiger partial charge in [0.05, 0.1) is 11.0 Å². The summed E-state index contributed by atoms with van der Waals surface area (Å²) in [7, 11) is 0. The van der Waals surface area contributed by atoms with Gasteiger partial charge in [0.1, 0.15) is 0 Å². The van der Waals surface area contributed by atoms with Gasteiger partial charge in [-0.25, -0.2) is 4.98 Å². The minimum atomic E-state index is 0.257. The van der Waals surface area contributed by atoms with Crippen LogP contribution in [0.5, 0.6) is 0 Å². The molecule has 32 heavy (non-hydrogen) atoms. The molecule has 1 saturated heterocycles. The van der Waals surface area contributed by atoms with Crippen molar-refractivity contribution in [3.05, 3.63) is 23.8 Å². The van der Waals surface area contributed by atoms with Crippen LogP contribution < -0.4 is 10.2 Å². The first-order chi connectivity index (χ1) is 15.7. The number of anilines is 1. The van der Waals surface area contributed by atoms with Crippen LogP contribution in [0.3, 0.4) is 0 Å². The topological polar surface area (TPSA) is 53.4 Å². The Balaban J connectivity index is 1.01. The van der Waals surface area contributed by atoms with Crippen LogP contribution in [0.15, 0.2) is 18.2 Å². The van der Waals surface area contributed by atoms with Crippen LogP contribution in [0, 0.1) is 17.8 Å². The molecule has 6 heteroatoms.